The predicted molar refractivity (Wildman–Crippen MR) is 66.0 cm³/mol. The van der Waals surface area contributed by atoms with Crippen LogP contribution in [0.3, 0.4) is 0 Å². The maximum absolute atomic E-state index is 5.82. The van der Waals surface area contributed by atoms with Crippen molar-refractivity contribution in [2.24, 2.45) is 0 Å². The number of hydrogen-bond acceptors (Lipinski definition) is 1. The average Bonchev–Trinajstić information content (AvgIpc) is 2.28. The molecule has 1 aromatic carbocycles. The number of benzene rings is 1. The third-order valence-electron chi connectivity index (χ3n) is 3.18. The van der Waals surface area contributed by atoms with Crippen molar-refractivity contribution in [3.05, 3.63) is 41.7 Å². The number of ether oxygens (including phenoxy) is 1. The fourth-order valence-corrected chi connectivity index (χ4v) is 2.10. The van der Waals surface area contributed by atoms with E-state index in [4.69, 9.17) is 4.74 Å². The normalized spacial score (nSPS) is 21.1. The highest BCUT2D eigenvalue weighted by Crippen LogP contribution is 2.23. The molecule has 0 aliphatic carbocycles. The van der Waals surface area contributed by atoms with Gasteiger partial charge in [0.15, 0.2) is 5.71 Å². The molecule has 1 aliphatic rings. The van der Waals surface area contributed by atoms with Crippen LogP contribution in [-0.4, -0.2) is 16.5 Å². The van der Waals surface area contributed by atoms with Crippen LogP contribution in [0.4, 0.5) is 5.69 Å². The third kappa shape index (κ3) is 1.75. The van der Waals surface area contributed by atoms with Crippen molar-refractivity contribution in [3.8, 4) is 0 Å². The first-order valence-corrected chi connectivity index (χ1v) is 5.63. The smallest absolute Gasteiger partial charge is 0.299 e. The van der Waals surface area contributed by atoms with E-state index >= 15 is 0 Å². The summed E-state index contributed by atoms with van der Waals surface area (Å²) in [6.45, 7) is 8.35. The van der Waals surface area contributed by atoms with E-state index in [1.807, 2.05) is 13.0 Å². The molecule has 2 nitrogen and oxygen atoms in total. The minimum atomic E-state index is 0.0612. The minimum absolute atomic E-state index is 0.0612. The number of hydrogen-bond donors (Lipinski definition) is 0. The average molecular weight is 216 g/mol. The fraction of sp³-hybridized carbons (Fsp3) is 0.357. The molecule has 0 saturated carbocycles. The van der Waals surface area contributed by atoms with Gasteiger partial charge in [0.25, 0.3) is 6.23 Å². The molecule has 0 N–H and O–H groups in total. The summed E-state index contributed by atoms with van der Waals surface area (Å²) in [6, 6.07) is 10.3. The first-order chi connectivity index (χ1) is 7.61. The maximum Gasteiger partial charge on any atom is 0.299 e. The van der Waals surface area contributed by atoms with Crippen molar-refractivity contribution in [1.29, 1.82) is 0 Å². The van der Waals surface area contributed by atoms with E-state index in [0.717, 1.165) is 5.76 Å². The van der Waals surface area contributed by atoms with Gasteiger partial charge in [-0.05, 0) is 13.8 Å². The van der Waals surface area contributed by atoms with Crippen LogP contribution in [-0.2, 0) is 4.74 Å². The van der Waals surface area contributed by atoms with Gasteiger partial charge in [-0.1, -0.05) is 18.2 Å². The summed E-state index contributed by atoms with van der Waals surface area (Å²) >= 11 is 0. The Hall–Kier alpha value is -1.57. The van der Waals surface area contributed by atoms with Crippen LogP contribution >= 0.6 is 0 Å². The monoisotopic (exact) mass is 216 g/mol. The van der Waals surface area contributed by atoms with Gasteiger partial charge in [0.1, 0.15) is 5.76 Å². The molecule has 2 heteroatoms. The molecule has 2 rings (SSSR count). The molecule has 0 fully saturated rings. The lowest BCUT2D eigenvalue weighted by molar-refractivity contribution is -0.536. The van der Waals surface area contributed by atoms with Crippen LogP contribution in [0.1, 0.15) is 27.7 Å². The minimum Gasteiger partial charge on any atom is -0.438 e. The Morgan fingerprint density at radius 3 is 2.31 bits per heavy atom. The van der Waals surface area contributed by atoms with E-state index in [9.17, 15) is 0 Å². The van der Waals surface area contributed by atoms with Gasteiger partial charge in [0, 0.05) is 26.0 Å². The van der Waals surface area contributed by atoms with Crippen LogP contribution in [0.15, 0.2) is 41.7 Å². The standard InChI is InChI=1S/C14H18NO/c1-10-11(2)15(13(4)16-12(10)3)14-8-6-5-7-9-14/h5-9,13H,1-4H3/q+1. The molecule has 1 aromatic rings. The first-order valence-electron chi connectivity index (χ1n) is 5.63. The molecule has 0 spiro atoms. The highest BCUT2D eigenvalue weighted by atomic mass is 16.5. The fourth-order valence-electron chi connectivity index (χ4n) is 2.10. The van der Waals surface area contributed by atoms with Crippen LogP contribution in [0.25, 0.3) is 0 Å². The second kappa shape index (κ2) is 4.12. The second-order valence-electron chi connectivity index (χ2n) is 4.19. The summed E-state index contributed by atoms with van der Waals surface area (Å²) in [7, 11) is 0. The highest BCUT2D eigenvalue weighted by molar-refractivity contribution is 5.95. The van der Waals surface area contributed by atoms with Crippen molar-refractivity contribution in [1.82, 2.24) is 0 Å². The summed E-state index contributed by atoms with van der Waals surface area (Å²) in [6.07, 6.45) is 0.0612. The molecule has 0 radical (unpaired) electrons. The van der Waals surface area contributed by atoms with Crippen molar-refractivity contribution in [2.45, 2.75) is 33.9 Å². The van der Waals surface area contributed by atoms with Gasteiger partial charge in [0.2, 0.25) is 5.69 Å². The van der Waals surface area contributed by atoms with Crippen LogP contribution in [0.2, 0.25) is 0 Å². The first kappa shape index (κ1) is 10.9. The zero-order chi connectivity index (χ0) is 11.7. The Labute approximate surface area is 96.9 Å². The number of allylic oxidation sites excluding steroid dienone is 2. The van der Waals surface area contributed by atoms with Crippen LogP contribution in [0, 0.1) is 0 Å². The molecule has 0 saturated heterocycles. The van der Waals surface area contributed by atoms with Gasteiger partial charge in [-0.15, -0.1) is 0 Å². The molecular formula is C14H18NO+. The molecule has 84 valence electrons. The SMILES string of the molecule is CC1=C(C)C(C)=[N+](c2ccccc2)C(C)O1. The lowest BCUT2D eigenvalue weighted by Crippen LogP contribution is -2.32. The Kier molecular flexibility index (Phi) is 2.82. The van der Waals surface area contributed by atoms with Crippen molar-refractivity contribution in [3.63, 3.8) is 0 Å². The van der Waals surface area contributed by atoms with Crippen molar-refractivity contribution >= 4 is 11.4 Å². The molecule has 1 atom stereocenters. The molecule has 1 aliphatic heterocycles. The maximum atomic E-state index is 5.82. The summed E-state index contributed by atoms with van der Waals surface area (Å²) in [5, 5.41) is 0. The Morgan fingerprint density at radius 1 is 1.06 bits per heavy atom. The molecule has 1 heterocycles. The van der Waals surface area contributed by atoms with Crippen LogP contribution in [0.5, 0.6) is 0 Å². The Morgan fingerprint density at radius 2 is 1.69 bits per heavy atom. The molecule has 16 heavy (non-hydrogen) atoms. The van der Waals surface area contributed by atoms with Gasteiger partial charge in [-0.2, -0.15) is 4.58 Å². The lowest BCUT2D eigenvalue weighted by Gasteiger charge is -2.22. The van der Waals surface area contributed by atoms with Crippen LogP contribution < -0.4 is 0 Å². The van der Waals surface area contributed by atoms with Gasteiger partial charge in [0.05, 0.1) is 5.57 Å². The largest absolute Gasteiger partial charge is 0.438 e. The van der Waals surface area contributed by atoms with Gasteiger partial charge >= 0.3 is 0 Å². The van der Waals surface area contributed by atoms with Crippen molar-refractivity contribution in [2.75, 3.05) is 0 Å². The van der Waals surface area contributed by atoms with Crippen molar-refractivity contribution < 1.29 is 9.31 Å². The second-order valence-corrected chi connectivity index (χ2v) is 4.19. The van der Waals surface area contributed by atoms with E-state index in [1.165, 1.54) is 17.0 Å². The van der Waals surface area contributed by atoms with Gasteiger partial charge in [-0.3, -0.25) is 0 Å². The summed E-state index contributed by atoms with van der Waals surface area (Å²) < 4.78 is 8.05. The molecule has 0 bridgehead atoms. The zero-order valence-corrected chi connectivity index (χ0v) is 10.3. The molecule has 0 amide bonds. The highest BCUT2D eigenvalue weighted by Gasteiger charge is 2.29. The molecular weight excluding hydrogens is 198 g/mol. The lowest BCUT2D eigenvalue weighted by atomic mass is 10.1. The number of rotatable bonds is 1. The van der Waals surface area contributed by atoms with E-state index in [-0.39, 0.29) is 6.23 Å². The predicted octanol–water partition coefficient (Wildman–Crippen LogP) is 3.46. The third-order valence-corrected chi connectivity index (χ3v) is 3.18. The van der Waals surface area contributed by atoms with E-state index in [1.54, 1.807) is 0 Å². The summed E-state index contributed by atoms with van der Waals surface area (Å²) in [4.78, 5) is 0. The summed E-state index contributed by atoms with van der Waals surface area (Å²) in [5.41, 5.74) is 3.67. The van der Waals surface area contributed by atoms with Gasteiger partial charge < -0.3 is 4.74 Å². The zero-order valence-electron chi connectivity index (χ0n) is 10.3. The Balaban J connectivity index is 2.55. The number of nitrogens with zero attached hydrogens (tertiary/aromatic N) is 1. The molecule has 1 unspecified atom stereocenters. The number of para-hydroxylation sites is 1. The molecule has 0 aromatic heterocycles. The Bertz CT molecular complexity index is 457. The summed E-state index contributed by atoms with van der Waals surface area (Å²) in [5.74, 6) is 1.03. The quantitative estimate of drug-likeness (QED) is 0.655. The van der Waals surface area contributed by atoms with Gasteiger partial charge in [-0.25, -0.2) is 0 Å². The van der Waals surface area contributed by atoms with E-state index in [0.29, 0.717) is 0 Å². The topological polar surface area (TPSA) is 12.2 Å². The van der Waals surface area contributed by atoms with E-state index < -0.39 is 0 Å². The van der Waals surface area contributed by atoms with E-state index in [2.05, 4.69) is 49.6 Å².